The summed E-state index contributed by atoms with van der Waals surface area (Å²) in [6.07, 6.45) is 3.31. The molecule has 2 heterocycles. The summed E-state index contributed by atoms with van der Waals surface area (Å²) in [7, 11) is 0. The van der Waals surface area contributed by atoms with Gasteiger partial charge in [0.1, 0.15) is 0 Å². The van der Waals surface area contributed by atoms with Crippen LogP contribution in [0.25, 0.3) is 22.4 Å². The van der Waals surface area contributed by atoms with Gasteiger partial charge in [0, 0.05) is 18.0 Å². The summed E-state index contributed by atoms with van der Waals surface area (Å²) in [6.45, 7) is 0.619. The van der Waals surface area contributed by atoms with Crippen LogP contribution in [0.4, 0.5) is 0 Å². The molecule has 0 aliphatic carbocycles. The van der Waals surface area contributed by atoms with Gasteiger partial charge in [0.25, 0.3) is 0 Å². The minimum absolute atomic E-state index is 0.510. The quantitative estimate of drug-likeness (QED) is 0.772. The van der Waals surface area contributed by atoms with E-state index in [2.05, 4.69) is 15.2 Å². The smallest absolute Gasteiger partial charge is 0.249 e. The number of nitrogens with two attached hydrogens (primary N) is 1. The molecule has 2 N–H and O–H groups in total. The summed E-state index contributed by atoms with van der Waals surface area (Å²) in [5.41, 5.74) is 7.21. The van der Waals surface area contributed by atoms with Crippen molar-refractivity contribution in [1.29, 1.82) is 0 Å². The van der Waals surface area contributed by atoms with Crippen LogP contribution < -0.4 is 5.73 Å². The highest BCUT2D eigenvalue weighted by Gasteiger charge is 2.11. The van der Waals surface area contributed by atoms with E-state index in [1.54, 1.807) is 6.20 Å². The normalized spacial score (nSPS) is 11.0. The molecule has 0 atom stereocenters. The minimum atomic E-state index is 0.510. The van der Waals surface area contributed by atoms with Gasteiger partial charge in [0.15, 0.2) is 0 Å². The average Bonchev–Trinajstić information content (AvgIpc) is 2.93. The van der Waals surface area contributed by atoms with Gasteiger partial charge in [-0.05, 0) is 25.1 Å². The Labute approximate surface area is 110 Å². The first-order chi connectivity index (χ1) is 9.38. The lowest BCUT2D eigenvalue weighted by atomic mass is 10.1. The van der Waals surface area contributed by atoms with Gasteiger partial charge in [-0.2, -0.15) is 0 Å². The van der Waals surface area contributed by atoms with Crippen molar-refractivity contribution in [3.63, 3.8) is 0 Å². The standard InChI is InChI=1S/C14H14N4O/c15-8-2-7-12-17-18-14(19-12)11-6-1-4-10-5-3-9-16-13(10)11/h1,3-6,9H,2,7-8,15H2. The highest BCUT2D eigenvalue weighted by atomic mass is 16.4. The van der Waals surface area contributed by atoms with Crippen LogP contribution in [0.3, 0.4) is 0 Å². The Morgan fingerprint density at radius 2 is 2.00 bits per heavy atom. The summed E-state index contributed by atoms with van der Waals surface area (Å²) in [5, 5.41) is 9.19. The number of para-hydroxylation sites is 1. The molecule has 0 spiro atoms. The Bertz CT molecular complexity index is 687. The lowest BCUT2D eigenvalue weighted by Crippen LogP contribution is -2.00. The first kappa shape index (κ1) is 11.8. The second-order valence-electron chi connectivity index (χ2n) is 4.27. The van der Waals surface area contributed by atoms with Crippen LogP contribution in [0.1, 0.15) is 12.3 Å². The van der Waals surface area contributed by atoms with Crippen molar-refractivity contribution in [2.24, 2.45) is 5.73 Å². The number of hydrogen-bond acceptors (Lipinski definition) is 5. The molecule has 5 heteroatoms. The van der Waals surface area contributed by atoms with Crippen molar-refractivity contribution >= 4 is 10.9 Å². The van der Waals surface area contributed by atoms with E-state index in [0.717, 1.165) is 22.9 Å². The van der Waals surface area contributed by atoms with Crippen LogP contribution in [0, 0.1) is 0 Å². The first-order valence-corrected chi connectivity index (χ1v) is 6.25. The SMILES string of the molecule is NCCCc1nnc(-c2cccc3cccnc23)o1. The van der Waals surface area contributed by atoms with Crippen LogP contribution in [0.5, 0.6) is 0 Å². The number of hydrogen-bond donors (Lipinski definition) is 1. The summed E-state index contributed by atoms with van der Waals surface area (Å²) in [5.74, 6) is 1.13. The second-order valence-corrected chi connectivity index (χ2v) is 4.27. The third-order valence-electron chi connectivity index (χ3n) is 2.92. The Morgan fingerprint density at radius 1 is 1.11 bits per heavy atom. The maximum atomic E-state index is 5.66. The molecule has 0 saturated carbocycles. The van der Waals surface area contributed by atoms with Crippen LogP contribution in [0.2, 0.25) is 0 Å². The molecular weight excluding hydrogens is 240 g/mol. The van der Waals surface area contributed by atoms with Crippen molar-refractivity contribution in [2.45, 2.75) is 12.8 Å². The van der Waals surface area contributed by atoms with Gasteiger partial charge >= 0.3 is 0 Å². The molecule has 19 heavy (non-hydrogen) atoms. The molecule has 2 aromatic heterocycles. The van der Waals surface area contributed by atoms with Crippen molar-refractivity contribution in [1.82, 2.24) is 15.2 Å². The van der Waals surface area contributed by atoms with E-state index in [1.807, 2.05) is 30.3 Å². The van der Waals surface area contributed by atoms with E-state index in [4.69, 9.17) is 10.2 Å². The van der Waals surface area contributed by atoms with Crippen LogP contribution in [0.15, 0.2) is 40.9 Å². The summed E-state index contributed by atoms with van der Waals surface area (Å²) < 4.78 is 5.66. The van der Waals surface area contributed by atoms with E-state index in [0.29, 0.717) is 24.7 Å². The summed E-state index contributed by atoms with van der Waals surface area (Å²) >= 11 is 0. The highest BCUT2D eigenvalue weighted by Crippen LogP contribution is 2.25. The summed E-state index contributed by atoms with van der Waals surface area (Å²) in [6, 6.07) is 9.83. The first-order valence-electron chi connectivity index (χ1n) is 6.25. The largest absolute Gasteiger partial charge is 0.421 e. The van der Waals surface area contributed by atoms with Crippen LogP contribution in [-0.4, -0.2) is 21.7 Å². The predicted molar refractivity (Wildman–Crippen MR) is 72.4 cm³/mol. The van der Waals surface area contributed by atoms with E-state index in [1.165, 1.54) is 0 Å². The van der Waals surface area contributed by atoms with Crippen molar-refractivity contribution in [3.8, 4) is 11.5 Å². The van der Waals surface area contributed by atoms with Gasteiger partial charge in [-0.25, -0.2) is 0 Å². The Hall–Kier alpha value is -2.27. The predicted octanol–water partition coefficient (Wildman–Crippen LogP) is 2.18. The van der Waals surface area contributed by atoms with Crippen molar-refractivity contribution in [2.75, 3.05) is 6.54 Å². The van der Waals surface area contributed by atoms with Crippen LogP contribution >= 0.6 is 0 Å². The molecule has 0 saturated heterocycles. The minimum Gasteiger partial charge on any atom is -0.421 e. The molecule has 0 bridgehead atoms. The zero-order valence-corrected chi connectivity index (χ0v) is 10.4. The highest BCUT2D eigenvalue weighted by molar-refractivity contribution is 5.91. The third-order valence-corrected chi connectivity index (χ3v) is 2.92. The molecule has 0 aliphatic heterocycles. The molecule has 0 unspecified atom stereocenters. The number of aromatic nitrogens is 3. The fraction of sp³-hybridized carbons (Fsp3) is 0.214. The maximum absolute atomic E-state index is 5.66. The number of rotatable bonds is 4. The van der Waals surface area contributed by atoms with Gasteiger partial charge in [-0.1, -0.05) is 18.2 Å². The van der Waals surface area contributed by atoms with Crippen molar-refractivity contribution < 1.29 is 4.42 Å². The Kier molecular flexibility index (Phi) is 3.20. The van der Waals surface area contributed by atoms with Gasteiger partial charge in [0.2, 0.25) is 11.8 Å². The fourth-order valence-electron chi connectivity index (χ4n) is 1.99. The Balaban J connectivity index is 2.02. The number of pyridine rings is 1. The monoisotopic (exact) mass is 254 g/mol. The zero-order valence-electron chi connectivity index (χ0n) is 10.4. The average molecular weight is 254 g/mol. The lowest BCUT2D eigenvalue weighted by molar-refractivity contribution is 0.499. The molecular formula is C14H14N4O. The molecule has 0 amide bonds. The van der Waals surface area contributed by atoms with Gasteiger partial charge in [-0.15, -0.1) is 10.2 Å². The molecule has 3 aromatic rings. The third kappa shape index (κ3) is 2.32. The molecule has 0 fully saturated rings. The van der Waals surface area contributed by atoms with E-state index in [-0.39, 0.29) is 0 Å². The topological polar surface area (TPSA) is 77.8 Å². The zero-order chi connectivity index (χ0) is 13.1. The van der Waals surface area contributed by atoms with E-state index < -0.39 is 0 Å². The number of fused-ring (bicyclic) bond motifs is 1. The molecule has 5 nitrogen and oxygen atoms in total. The maximum Gasteiger partial charge on any atom is 0.249 e. The number of aryl methyl sites for hydroxylation is 1. The molecule has 0 radical (unpaired) electrons. The van der Waals surface area contributed by atoms with Crippen molar-refractivity contribution in [3.05, 3.63) is 42.4 Å². The lowest BCUT2D eigenvalue weighted by Gasteiger charge is -2.00. The second kappa shape index (κ2) is 5.16. The fourth-order valence-corrected chi connectivity index (χ4v) is 1.99. The van der Waals surface area contributed by atoms with Gasteiger partial charge in [0.05, 0.1) is 11.1 Å². The molecule has 96 valence electrons. The Morgan fingerprint density at radius 3 is 2.89 bits per heavy atom. The molecule has 0 aliphatic rings. The van der Waals surface area contributed by atoms with Gasteiger partial charge < -0.3 is 10.2 Å². The van der Waals surface area contributed by atoms with Gasteiger partial charge in [-0.3, -0.25) is 4.98 Å². The molecule has 3 rings (SSSR count). The van der Waals surface area contributed by atoms with Crippen LogP contribution in [-0.2, 0) is 6.42 Å². The number of benzene rings is 1. The summed E-state index contributed by atoms with van der Waals surface area (Å²) in [4.78, 5) is 4.38. The molecule has 1 aromatic carbocycles. The number of nitrogens with zero attached hydrogens (tertiary/aromatic N) is 3. The van der Waals surface area contributed by atoms with E-state index in [9.17, 15) is 0 Å². The van der Waals surface area contributed by atoms with E-state index >= 15 is 0 Å².